The molecule has 1 amide bonds. The molecule has 0 aromatic heterocycles. The van der Waals surface area contributed by atoms with Crippen molar-refractivity contribution in [1.82, 2.24) is 9.62 Å². The van der Waals surface area contributed by atoms with Crippen LogP contribution in [0.5, 0.6) is 0 Å². The van der Waals surface area contributed by atoms with Gasteiger partial charge in [0.2, 0.25) is 15.9 Å². The van der Waals surface area contributed by atoms with Crippen LogP contribution in [0.1, 0.15) is 26.2 Å². The number of rotatable bonds is 4. The molecule has 0 bridgehead atoms. The molecule has 132 valence electrons. The van der Waals surface area contributed by atoms with Crippen LogP contribution in [0.25, 0.3) is 0 Å². The maximum absolute atomic E-state index is 12.5. The zero-order valence-corrected chi connectivity index (χ0v) is 15.7. The van der Waals surface area contributed by atoms with Crippen LogP contribution in [0.4, 0.5) is 0 Å². The summed E-state index contributed by atoms with van der Waals surface area (Å²) in [6, 6.07) is 8.11. The summed E-state index contributed by atoms with van der Waals surface area (Å²) in [6.45, 7) is 2.78. The van der Waals surface area contributed by atoms with E-state index in [1.54, 1.807) is 42.2 Å². The lowest BCUT2D eigenvalue weighted by atomic mass is 10.0. The van der Waals surface area contributed by atoms with Gasteiger partial charge in [-0.25, -0.2) is 13.1 Å². The highest BCUT2D eigenvalue weighted by Gasteiger charge is 2.68. The van der Waals surface area contributed by atoms with E-state index >= 15 is 0 Å². The van der Waals surface area contributed by atoms with Crippen LogP contribution in [0.2, 0.25) is 0 Å². The molecule has 1 saturated heterocycles. The number of likely N-dealkylation sites (tertiary alicyclic amines) is 1. The van der Waals surface area contributed by atoms with Crippen molar-refractivity contribution in [3.05, 3.63) is 30.3 Å². The molecule has 2 fully saturated rings. The lowest BCUT2D eigenvalue weighted by molar-refractivity contribution is -0.137. The lowest BCUT2D eigenvalue weighted by Gasteiger charge is -2.34. The number of halogens is 2. The Balaban J connectivity index is 1.57. The first-order chi connectivity index (χ1) is 11.2. The van der Waals surface area contributed by atoms with Crippen molar-refractivity contribution < 1.29 is 13.2 Å². The molecule has 8 heteroatoms. The van der Waals surface area contributed by atoms with E-state index in [-0.39, 0.29) is 16.8 Å². The van der Waals surface area contributed by atoms with E-state index in [9.17, 15) is 13.2 Å². The van der Waals surface area contributed by atoms with Crippen LogP contribution < -0.4 is 4.72 Å². The molecular weight excluding hydrogens is 371 g/mol. The summed E-state index contributed by atoms with van der Waals surface area (Å²) in [5.74, 6) is -0.0446. The Hall–Kier alpha value is -0.820. The van der Waals surface area contributed by atoms with E-state index in [0.29, 0.717) is 32.4 Å². The summed E-state index contributed by atoms with van der Waals surface area (Å²) in [6.07, 6.45) is 1.61. The Labute approximate surface area is 152 Å². The molecule has 1 aliphatic carbocycles. The number of amides is 1. The van der Waals surface area contributed by atoms with Gasteiger partial charge in [0.15, 0.2) is 0 Å². The van der Waals surface area contributed by atoms with Gasteiger partial charge in [0.25, 0.3) is 0 Å². The van der Waals surface area contributed by atoms with Crippen molar-refractivity contribution in [2.24, 2.45) is 5.41 Å². The average molecular weight is 391 g/mol. The van der Waals surface area contributed by atoms with Gasteiger partial charge in [0, 0.05) is 19.1 Å². The molecule has 5 nitrogen and oxygen atoms in total. The third-order valence-corrected chi connectivity index (χ3v) is 7.53. The van der Waals surface area contributed by atoms with E-state index in [4.69, 9.17) is 23.2 Å². The van der Waals surface area contributed by atoms with Crippen LogP contribution in [0.15, 0.2) is 35.2 Å². The van der Waals surface area contributed by atoms with E-state index in [0.717, 1.165) is 0 Å². The summed E-state index contributed by atoms with van der Waals surface area (Å²) in [7, 11) is -3.53. The first kappa shape index (κ1) is 18.0. The predicted molar refractivity (Wildman–Crippen MR) is 93.5 cm³/mol. The Kier molecular flexibility index (Phi) is 4.62. The maximum Gasteiger partial charge on any atom is 0.240 e. The first-order valence-corrected chi connectivity index (χ1v) is 10.1. The summed E-state index contributed by atoms with van der Waals surface area (Å²) in [5.41, 5.74) is -0.716. The van der Waals surface area contributed by atoms with Gasteiger partial charge in [-0.3, -0.25) is 4.79 Å². The number of benzene rings is 1. The molecule has 1 saturated carbocycles. The van der Waals surface area contributed by atoms with Crippen LogP contribution in [0, 0.1) is 5.41 Å². The largest absolute Gasteiger partial charge is 0.342 e. The second kappa shape index (κ2) is 6.16. The van der Waals surface area contributed by atoms with Gasteiger partial charge in [-0.1, -0.05) is 18.2 Å². The van der Waals surface area contributed by atoms with Crippen LogP contribution in [0.3, 0.4) is 0 Å². The molecule has 1 aromatic carbocycles. The van der Waals surface area contributed by atoms with Gasteiger partial charge in [0.05, 0.1) is 10.3 Å². The third-order valence-electron chi connectivity index (χ3n) is 4.89. The highest BCUT2D eigenvalue weighted by molar-refractivity contribution is 7.89. The highest BCUT2D eigenvalue weighted by atomic mass is 35.5. The molecule has 1 atom stereocenters. The van der Waals surface area contributed by atoms with Gasteiger partial charge in [0.1, 0.15) is 4.33 Å². The molecule has 1 heterocycles. The molecule has 2 aliphatic rings. The molecular formula is C16H20Cl2N2O3S. The number of sulfonamides is 1. The zero-order chi connectivity index (χ0) is 17.6. The fourth-order valence-corrected chi connectivity index (χ4v) is 5.09. The SMILES string of the molecule is C[C@@]1(C(=O)N2CCC(NS(=O)(=O)c3ccccc3)CC2)CC1(Cl)Cl. The summed E-state index contributed by atoms with van der Waals surface area (Å²) >= 11 is 12.1. The topological polar surface area (TPSA) is 66.5 Å². The Morgan fingerprint density at radius 2 is 1.75 bits per heavy atom. The van der Waals surface area contributed by atoms with Crippen molar-refractivity contribution in [2.45, 2.75) is 41.5 Å². The number of nitrogens with zero attached hydrogens (tertiary/aromatic N) is 1. The molecule has 0 spiro atoms. The van der Waals surface area contributed by atoms with Crippen molar-refractivity contribution in [1.29, 1.82) is 0 Å². The summed E-state index contributed by atoms with van der Waals surface area (Å²) in [4.78, 5) is 14.5. The third kappa shape index (κ3) is 3.29. The van der Waals surface area contributed by atoms with E-state index < -0.39 is 19.8 Å². The number of carbonyl (C=O) groups excluding carboxylic acids is 1. The minimum Gasteiger partial charge on any atom is -0.342 e. The monoisotopic (exact) mass is 390 g/mol. The average Bonchev–Trinajstić information content (AvgIpc) is 3.07. The second-order valence-electron chi connectivity index (χ2n) is 6.71. The molecule has 1 aliphatic heterocycles. The van der Waals surface area contributed by atoms with Crippen molar-refractivity contribution >= 4 is 39.1 Å². The normalized spacial score (nSPS) is 27.0. The smallest absolute Gasteiger partial charge is 0.240 e. The van der Waals surface area contributed by atoms with E-state index in [1.165, 1.54) is 0 Å². The van der Waals surface area contributed by atoms with Crippen LogP contribution >= 0.6 is 23.2 Å². The number of alkyl halides is 2. The Bertz CT molecular complexity index is 731. The second-order valence-corrected chi connectivity index (χ2v) is 9.91. The minimum atomic E-state index is -3.53. The van der Waals surface area contributed by atoms with Gasteiger partial charge in [-0.05, 0) is 38.3 Å². The standard InChI is InChI=1S/C16H20Cl2N2O3S/c1-15(11-16(15,17)18)14(21)20-9-7-12(8-10-20)19-24(22,23)13-5-3-2-4-6-13/h2-6,12,19H,7-11H2,1H3/t15-/m0/s1. The van der Waals surface area contributed by atoms with E-state index in [2.05, 4.69) is 4.72 Å². The zero-order valence-electron chi connectivity index (χ0n) is 13.3. The molecule has 24 heavy (non-hydrogen) atoms. The molecule has 0 radical (unpaired) electrons. The van der Waals surface area contributed by atoms with Crippen molar-refractivity contribution in [3.8, 4) is 0 Å². The Morgan fingerprint density at radius 3 is 2.25 bits per heavy atom. The summed E-state index contributed by atoms with van der Waals surface area (Å²) < 4.78 is 26.4. The van der Waals surface area contributed by atoms with Gasteiger partial charge in [-0.2, -0.15) is 0 Å². The predicted octanol–water partition coefficient (Wildman–Crippen LogP) is 2.54. The molecule has 0 unspecified atom stereocenters. The number of carbonyl (C=O) groups is 1. The van der Waals surface area contributed by atoms with Crippen LogP contribution in [-0.4, -0.2) is 42.7 Å². The molecule has 3 rings (SSSR count). The fraction of sp³-hybridized carbons (Fsp3) is 0.562. The number of nitrogens with one attached hydrogen (secondary N) is 1. The summed E-state index contributed by atoms with van der Waals surface area (Å²) in [5, 5.41) is 0. The Morgan fingerprint density at radius 1 is 1.21 bits per heavy atom. The fourth-order valence-electron chi connectivity index (χ4n) is 3.07. The van der Waals surface area contributed by atoms with Crippen molar-refractivity contribution in [2.75, 3.05) is 13.1 Å². The number of hydrogen-bond donors (Lipinski definition) is 1. The van der Waals surface area contributed by atoms with Crippen molar-refractivity contribution in [3.63, 3.8) is 0 Å². The van der Waals surface area contributed by atoms with Gasteiger partial charge < -0.3 is 4.90 Å². The first-order valence-electron chi connectivity index (χ1n) is 7.90. The molecule has 1 aromatic rings. The van der Waals surface area contributed by atoms with Gasteiger partial charge >= 0.3 is 0 Å². The van der Waals surface area contributed by atoms with E-state index in [1.807, 2.05) is 0 Å². The highest BCUT2D eigenvalue weighted by Crippen LogP contribution is 2.64. The maximum atomic E-state index is 12.5. The lowest BCUT2D eigenvalue weighted by Crippen LogP contribution is -2.48. The number of piperidine rings is 1. The van der Waals surface area contributed by atoms with Crippen LogP contribution in [-0.2, 0) is 14.8 Å². The minimum absolute atomic E-state index is 0.0446. The molecule has 1 N–H and O–H groups in total. The van der Waals surface area contributed by atoms with Gasteiger partial charge in [-0.15, -0.1) is 23.2 Å². The number of hydrogen-bond acceptors (Lipinski definition) is 3. The quantitative estimate of drug-likeness (QED) is 0.803.